The molecule has 0 N–H and O–H groups in total. The molecule has 0 aliphatic carbocycles. The lowest BCUT2D eigenvalue weighted by molar-refractivity contribution is 0.0721. The molecular formula is C26H36N2O3Si. The van der Waals surface area contributed by atoms with E-state index in [0.717, 1.165) is 29.7 Å². The fourth-order valence-electron chi connectivity index (χ4n) is 3.73. The zero-order chi connectivity index (χ0) is 23.4. The summed E-state index contributed by atoms with van der Waals surface area (Å²) < 4.78 is 6.38. The molecule has 1 heterocycles. The van der Waals surface area contributed by atoms with Crippen LogP contribution in [0.5, 0.6) is 0 Å². The summed E-state index contributed by atoms with van der Waals surface area (Å²) in [5, 5.41) is 4.31. The van der Waals surface area contributed by atoms with Gasteiger partial charge in [0.05, 0.1) is 12.3 Å². The minimum absolute atomic E-state index is 0.0308. The Labute approximate surface area is 193 Å². The van der Waals surface area contributed by atoms with Gasteiger partial charge >= 0.3 is 0 Å². The molecule has 0 unspecified atom stereocenters. The quantitative estimate of drug-likeness (QED) is 0.383. The van der Waals surface area contributed by atoms with E-state index < -0.39 is 8.32 Å². The van der Waals surface area contributed by atoms with Crippen LogP contribution in [0.4, 0.5) is 0 Å². The largest absolute Gasteiger partial charge is 0.417 e. The van der Waals surface area contributed by atoms with Crippen molar-refractivity contribution in [2.24, 2.45) is 5.16 Å². The van der Waals surface area contributed by atoms with Crippen molar-refractivity contribution in [3.05, 3.63) is 60.2 Å². The van der Waals surface area contributed by atoms with Gasteiger partial charge in [-0.25, -0.2) is 0 Å². The summed E-state index contributed by atoms with van der Waals surface area (Å²) in [4.78, 5) is 20.3. The molecule has 6 heteroatoms. The van der Waals surface area contributed by atoms with Gasteiger partial charge in [0, 0.05) is 24.6 Å². The first-order chi connectivity index (χ1) is 15.1. The van der Waals surface area contributed by atoms with Gasteiger partial charge in [0.1, 0.15) is 7.11 Å². The van der Waals surface area contributed by atoms with E-state index in [1.807, 2.05) is 47.4 Å². The summed E-state index contributed by atoms with van der Waals surface area (Å²) in [6, 6.07) is 18.1. The number of rotatable bonds is 7. The highest BCUT2D eigenvalue weighted by molar-refractivity contribution is 6.74. The highest BCUT2D eigenvalue weighted by atomic mass is 28.4. The van der Waals surface area contributed by atoms with Crippen molar-refractivity contribution in [1.82, 2.24) is 4.90 Å². The van der Waals surface area contributed by atoms with Crippen LogP contribution in [0.25, 0.3) is 11.1 Å². The Balaban J connectivity index is 1.71. The molecule has 1 aliphatic rings. The maximum absolute atomic E-state index is 13.4. The Morgan fingerprint density at radius 2 is 1.69 bits per heavy atom. The van der Waals surface area contributed by atoms with Gasteiger partial charge in [-0.3, -0.25) is 4.79 Å². The van der Waals surface area contributed by atoms with Crippen molar-refractivity contribution < 1.29 is 14.1 Å². The maximum atomic E-state index is 13.4. The zero-order valence-electron chi connectivity index (χ0n) is 20.2. The minimum atomic E-state index is -1.82. The third-order valence-corrected chi connectivity index (χ3v) is 11.2. The molecular weight excluding hydrogens is 416 g/mol. The van der Waals surface area contributed by atoms with Gasteiger partial charge in [0.2, 0.25) is 0 Å². The highest BCUT2D eigenvalue weighted by Crippen LogP contribution is 2.37. The van der Waals surface area contributed by atoms with Gasteiger partial charge in [0.15, 0.2) is 8.32 Å². The topological polar surface area (TPSA) is 51.1 Å². The Kier molecular flexibility index (Phi) is 7.57. The van der Waals surface area contributed by atoms with E-state index in [1.54, 1.807) is 7.11 Å². The Hall–Kier alpha value is -2.44. The van der Waals surface area contributed by atoms with E-state index >= 15 is 0 Å². The van der Waals surface area contributed by atoms with Gasteiger partial charge in [-0.15, -0.1) is 0 Å². The second kappa shape index (κ2) is 10.0. The SMILES string of the molecule is CO/N=C1/C[C@H](CCO[Si](C)(C)C(C)(C)C)N(C(=O)c2ccc(-c3ccccc3)cc2)C1. The zero-order valence-corrected chi connectivity index (χ0v) is 21.2. The summed E-state index contributed by atoms with van der Waals surface area (Å²) in [5.41, 5.74) is 3.84. The average molecular weight is 453 g/mol. The van der Waals surface area contributed by atoms with Crippen molar-refractivity contribution in [2.75, 3.05) is 20.3 Å². The molecule has 1 fully saturated rings. The molecule has 1 amide bonds. The summed E-state index contributed by atoms with van der Waals surface area (Å²) in [6.45, 7) is 12.4. The number of hydrogen-bond acceptors (Lipinski definition) is 4. The first-order valence-corrected chi connectivity index (χ1v) is 14.2. The predicted molar refractivity (Wildman–Crippen MR) is 134 cm³/mol. The lowest BCUT2D eigenvalue weighted by atomic mass is 10.0. The molecule has 0 radical (unpaired) electrons. The number of benzene rings is 2. The van der Waals surface area contributed by atoms with Crippen molar-refractivity contribution in [3.8, 4) is 11.1 Å². The molecule has 172 valence electrons. The van der Waals surface area contributed by atoms with Gasteiger partial charge < -0.3 is 14.2 Å². The highest BCUT2D eigenvalue weighted by Gasteiger charge is 2.38. The molecule has 0 spiro atoms. The van der Waals surface area contributed by atoms with Crippen LogP contribution in [0, 0.1) is 0 Å². The molecule has 2 aromatic carbocycles. The van der Waals surface area contributed by atoms with Gasteiger partial charge in [-0.1, -0.05) is 68.4 Å². The number of amides is 1. The van der Waals surface area contributed by atoms with E-state index in [1.165, 1.54) is 0 Å². The molecule has 5 nitrogen and oxygen atoms in total. The van der Waals surface area contributed by atoms with E-state index in [0.29, 0.717) is 18.7 Å². The molecule has 2 aromatic rings. The summed E-state index contributed by atoms with van der Waals surface area (Å²) in [6.07, 6.45) is 1.52. The van der Waals surface area contributed by atoms with Crippen molar-refractivity contribution in [1.29, 1.82) is 0 Å². The summed E-state index contributed by atoms with van der Waals surface area (Å²) in [7, 11) is -0.268. The minimum Gasteiger partial charge on any atom is -0.417 e. The van der Waals surface area contributed by atoms with Crippen LogP contribution >= 0.6 is 0 Å². The number of oxime groups is 1. The van der Waals surface area contributed by atoms with Crippen LogP contribution in [0.15, 0.2) is 59.8 Å². The second-order valence-electron chi connectivity index (χ2n) is 9.97. The molecule has 3 rings (SSSR count). The van der Waals surface area contributed by atoms with Gasteiger partial charge in [-0.05, 0) is 47.8 Å². The molecule has 0 bridgehead atoms. The summed E-state index contributed by atoms with van der Waals surface area (Å²) >= 11 is 0. The first kappa shape index (κ1) is 24.2. The van der Waals surface area contributed by atoms with E-state index in [-0.39, 0.29) is 17.0 Å². The number of nitrogens with zero attached hydrogens (tertiary/aromatic N) is 2. The average Bonchev–Trinajstić information content (AvgIpc) is 3.16. The third kappa shape index (κ3) is 5.67. The van der Waals surface area contributed by atoms with Crippen LogP contribution in [0.2, 0.25) is 18.1 Å². The number of hydrogen-bond donors (Lipinski definition) is 0. The molecule has 0 saturated carbocycles. The summed E-state index contributed by atoms with van der Waals surface area (Å²) in [5.74, 6) is 0.0308. The van der Waals surface area contributed by atoms with Crippen molar-refractivity contribution >= 4 is 19.9 Å². The number of carbonyl (C=O) groups is 1. The third-order valence-electron chi connectivity index (χ3n) is 6.71. The predicted octanol–water partition coefficient (Wildman–Crippen LogP) is 5.98. The van der Waals surface area contributed by atoms with Crippen molar-refractivity contribution in [3.63, 3.8) is 0 Å². The van der Waals surface area contributed by atoms with Crippen LogP contribution in [-0.4, -0.2) is 51.1 Å². The van der Waals surface area contributed by atoms with E-state index in [2.05, 4.69) is 51.2 Å². The lowest BCUT2D eigenvalue weighted by Crippen LogP contribution is -2.42. The van der Waals surface area contributed by atoms with E-state index in [4.69, 9.17) is 9.26 Å². The fraction of sp³-hybridized carbons (Fsp3) is 0.462. The van der Waals surface area contributed by atoms with Crippen LogP contribution < -0.4 is 0 Å². The lowest BCUT2D eigenvalue weighted by Gasteiger charge is -2.36. The number of likely N-dealkylation sites (tertiary alicyclic amines) is 1. The van der Waals surface area contributed by atoms with Crippen molar-refractivity contribution in [2.45, 2.75) is 57.8 Å². The molecule has 1 saturated heterocycles. The Morgan fingerprint density at radius 1 is 1.06 bits per heavy atom. The van der Waals surface area contributed by atoms with E-state index in [9.17, 15) is 4.79 Å². The Morgan fingerprint density at radius 3 is 2.28 bits per heavy atom. The van der Waals surface area contributed by atoms with Crippen LogP contribution in [-0.2, 0) is 9.26 Å². The van der Waals surface area contributed by atoms with Gasteiger partial charge in [-0.2, -0.15) is 0 Å². The number of carbonyl (C=O) groups excluding carboxylic acids is 1. The normalized spacial score (nSPS) is 18.2. The van der Waals surface area contributed by atoms with Gasteiger partial charge in [0.25, 0.3) is 5.91 Å². The molecule has 0 aromatic heterocycles. The van der Waals surface area contributed by atoms with Crippen LogP contribution in [0.3, 0.4) is 0 Å². The molecule has 1 aliphatic heterocycles. The Bertz CT molecular complexity index is 934. The first-order valence-electron chi connectivity index (χ1n) is 11.3. The standard InChI is InChI=1S/C26H36N2O3Si/c1-26(2,3)32(5,6)31-17-16-24-18-23(27-30-4)19-28(24)25(29)22-14-12-21(13-15-22)20-10-8-7-9-11-20/h7-15,24H,16-19H2,1-6H3/b27-23-/t24-/m0/s1. The van der Waals surface area contributed by atoms with Crippen LogP contribution in [0.1, 0.15) is 44.0 Å². The fourth-order valence-corrected chi connectivity index (χ4v) is 4.79. The second-order valence-corrected chi connectivity index (χ2v) is 14.8. The smallest absolute Gasteiger partial charge is 0.254 e. The maximum Gasteiger partial charge on any atom is 0.254 e. The monoisotopic (exact) mass is 452 g/mol. The molecule has 32 heavy (non-hydrogen) atoms. The molecule has 1 atom stereocenters.